The van der Waals surface area contributed by atoms with Crippen molar-refractivity contribution in [3.05, 3.63) is 53.2 Å². The molecule has 0 aliphatic heterocycles. The van der Waals surface area contributed by atoms with E-state index in [0.717, 1.165) is 17.8 Å². The number of nitrogens with two attached hydrogens (primary N) is 2. The van der Waals surface area contributed by atoms with Crippen molar-refractivity contribution in [1.29, 1.82) is 0 Å². The number of hydrogen-bond acceptors (Lipinski definition) is 5. The summed E-state index contributed by atoms with van der Waals surface area (Å²) in [7, 11) is 0. The summed E-state index contributed by atoms with van der Waals surface area (Å²) in [5, 5.41) is 0. The van der Waals surface area contributed by atoms with Gasteiger partial charge >= 0.3 is 6.18 Å². The second-order valence-electron chi connectivity index (χ2n) is 5.09. The van der Waals surface area contributed by atoms with Crippen LogP contribution >= 0.6 is 0 Å². The predicted molar refractivity (Wildman–Crippen MR) is 74.3 cm³/mol. The number of anilines is 1. The van der Waals surface area contributed by atoms with Gasteiger partial charge in [-0.2, -0.15) is 13.2 Å². The minimum absolute atomic E-state index is 0.0824. The van der Waals surface area contributed by atoms with Gasteiger partial charge in [0.05, 0.1) is 11.2 Å². The van der Waals surface area contributed by atoms with Gasteiger partial charge in [0, 0.05) is 12.6 Å². The zero-order valence-corrected chi connectivity index (χ0v) is 11.3. The topological polar surface area (TPSA) is 90.7 Å². The van der Waals surface area contributed by atoms with Crippen LogP contribution in [0, 0.1) is 0 Å². The molecule has 2 heterocycles. The molecule has 0 spiro atoms. The van der Waals surface area contributed by atoms with Gasteiger partial charge in [0.1, 0.15) is 11.5 Å². The van der Waals surface area contributed by atoms with Crippen molar-refractivity contribution in [1.82, 2.24) is 15.0 Å². The first-order chi connectivity index (χ1) is 10.3. The molecule has 0 bridgehead atoms. The number of nitrogens with zero attached hydrogens (tertiary/aromatic N) is 3. The van der Waals surface area contributed by atoms with Gasteiger partial charge in [0.2, 0.25) is 0 Å². The van der Waals surface area contributed by atoms with E-state index >= 15 is 0 Å². The van der Waals surface area contributed by atoms with Crippen LogP contribution < -0.4 is 11.5 Å². The molecule has 0 saturated heterocycles. The van der Waals surface area contributed by atoms with Crippen LogP contribution in [0.2, 0.25) is 0 Å². The van der Waals surface area contributed by atoms with Crippen LogP contribution in [0.15, 0.2) is 30.5 Å². The molecule has 0 amide bonds. The third-order valence-electron chi connectivity index (χ3n) is 3.42. The molecule has 0 aromatic carbocycles. The highest BCUT2D eigenvalue weighted by molar-refractivity contribution is 5.58. The molecule has 22 heavy (non-hydrogen) atoms. The minimum atomic E-state index is -4.54. The van der Waals surface area contributed by atoms with E-state index in [0.29, 0.717) is 11.5 Å². The van der Waals surface area contributed by atoms with Crippen molar-refractivity contribution in [2.75, 3.05) is 5.73 Å². The average Bonchev–Trinajstić information content (AvgIpc) is 2.47. The van der Waals surface area contributed by atoms with E-state index in [4.69, 9.17) is 11.5 Å². The van der Waals surface area contributed by atoms with Crippen LogP contribution in [-0.2, 0) is 18.1 Å². The minimum Gasteiger partial charge on any atom is -0.384 e. The van der Waals surface area contributed by atoms with Crippen LogP contribution in [0.5, 0.6) is 0 Å². The summed E-state index contributed by atoms with van der Waals surface area (Å²) < 4.78 is 38.3. The van der Waals surface area contributed by atoms with E-state index in [2.05, 4.69) is 15.0 Å². The first kappa shape index (κ1) is 14.5. The molecule has 1 atom stereocenters. The van der Waals surface area contributed by atoms with Gasteiger partial charge < -0.3 is 11.5 Å². The summed E-state index contributed by atoms with van der Waals surface area (Å²) in [5.74, 6) is 0.282. The van der Waals surface area contributed by atoms with Gasteiger partial charge in [-0.15, -0.1) is 0 Å². The molecule has 1 aliphatic rings. The Balaban J connectivity index is 2.01. The Hall–Kier alpha value is -2.48. The van der Waals surface area contributed by atoms with Crippen molar-refractivity contribution >= 4 is 11.9 Å². The fourth-order valence-corrected chi connectivity index (χ4v) is 2.31. The van der Waals surface area contributed by atoms with Crippen molar-refractivity contribution in [2.45, 2.75) is 18.1 Å². The molecule has 2 aromatic heterocycles. The Morgan fingerprint density at radius 2 is 1.91 bits per heavy atom. The lowest BCUT2D eigenvalue weighted by molar-refractivity contribution is -0.141. The fourth-order valence-electron chi connectivity index (χ4n) is 2.31. The van der Waals surface area contributed by atoms with Crippen LogP contribution in [0.25, 0.3) is 6.08 Å². The number of aromatic nitrogens is 3. The number of halogens is 3. The SMILES string of the molecule is Nc1ccc2c(n1)C=CC(N)(c1nccc(C(F)(F)F)n1)C2. The van der Waals surface area contributed by atoms with Gasteiger partial charge in [-0.1, -0.05) is 12.1 Å². The lowest BCUT2D eigenvalue weighted by Crippen LogP contribution is -2.41. The Morgan fingerprint density at radius 1 is 1.14 bits per heavy atom. The maximum absolute atomic E-state index is 12.8. The zero-order chi connectivity index (χ0) is 16.0. The Bertz CT molecular complexity index is 756. The van der Waals surface area contributed by atoms with Crippen LogP contribution in [-0.4, -0.2) is 15.0 Å². The number of fused-ring (bicyclic) bond motifs is 1. The quantitative estimate of drug-likeness (QED) is 0.839. The zero-order valence-electron chi connectivity index (χ0n) is 11.3. The van der Waals surface area contributed by atoms with Gasteiger partial charge in [0.15, 0.2) is 5.82 Å². The third-order valence-corrected chi connectivity index (χ3v) is 3.42. The lowest BCUT2D eigenvalue weighted by Gasteiger charge is -2.28. The number of rotatable bonds is 1. The monoisotopic (exact) mass is 307 g/mol. The average molecular weight is 307 g/mol. The van der Waals surface area contributed by atoms with E-state index in [1.54, 1.807) is 24.3 Å². The van der Waals surface area contributed by atoms with Gasteiger partial charge in [-0.25, -0.2) is 15.0 Å². The summed E-state index contributed by atoms with van der Waals surface area (Å²) in [4.78, 5) is 11.6. The van der Waals surface area contributed by atoms with Gasteiger partial charge in [-0.3, -0.25) is 0 Å². The molecule has 0 fully saturated rings. The number of pyridine rings is 1. The Labute approximate surface area is 123 Å². The highest BCUT2D eigenvalue weighted by Gasteiger charge is 2.37. The van der Waals surface area contributed by atoms with Gasteiger partial charge in [-0.05, 0) is 23.8 Å². The number of nitrogen functional groups attached to an aromatic ring is 1. The molecule has 2 aromatic rings. The second-order valence-corrected chi connectivity index (χ2v) is 5.09. The molecule has 8 heteroatoms. The predicted octanol–water partition coefficient (Wildman–Crippen LogP) is 1.90. The Morgan fingerprint density at radius 3 is 2.64 bits per heavy atom. The fraction of sp³-hybridized carbons (Fsp3) is 0.214. The highest BCUT2D eigenvalue weighted by atomic mass is 19.4. The molecule has 1 aliphatic carbocycles. The molecule has 3 rings (SSSR count). The molecule has 1 unspecified atom stereocenters. The first-order valence-electron chi connectivity index (χ1n) is 6.42. The molecule has 114 valence electrons. The highest BCUT2D eigenvalue weighted by Crippen LogP contribution is 2.32. The van der Waals surface area contributed by atoms with Crippen molar-refractivity contribution in [3.63, 3.8) is 0 Å². The molecular weight excluding hydrogens is 295 g/mol. The van der Waals surface area contributed by atoms with Crippen molar-refractivity contribution in [2.24, 2.45) is 5.73 Å². The van der Waals surface area contributed by atoms with E-state index in [9.17, 15) is 13.2 Å². The normalized spacial score (nSPS) is 20.7. The first-order valence-corrected chi connectivity index (χ1v) is 6.42. The van der Waals surface area contributed by atoms with Crippen LogP contribution in [0.3, 0.4) is 0 Å². The standard InChI is InChI=1S/C14H12F3N5/c15-14(16,17)10-4-6-20-12(22-10)13(19)5-3-9-8(7-13)1-2-11(18)21-9/h1-6H,7,19H2,(H2,18,21). The van der Waals surface area contributed by atoms with Crippen LogP contribution in [0.4, 0.5) is 19.0 Å². The molecule has 0 radical (unpaired) electrons. The van der Waals surface area contributed by atoms with Gasteiger partial charge in [0.25, 0.3) is 0 Å². The summed E-state index contributed by atoms with van der Waals surface area (Å²) in [5.41, 5.74) is 11.0. The number of hydrogen-bond donors (Lipinski definition) is 2. The molecule has 0 saturated carbocycles. The van der Waals surface area contributed by atoms with E-state index < -0.39 is 17.4 Å². The van der Waals surface area contributed by atoms with E-state index in [1.807, 2.05) is 0 Å². The molecular formula is C14H12F3N5. The smallest absolute Gasteiger partial charge is 0.384 e. The van der Waals surface area contributed by atoms with E-state index in [1.165, 1.54) is 0 Å². The van der Waals surface area contributed by atoms with E-state index in [-0.39, 0.29) is 12.2 Å². The lowest BCUT2D eigenvalue weighted by atomic mass is 9.85. The summed E-state index contributed by atoms with van der Waals surface area (Å²) in [6.07, 6.45) is -0.0613. The van der Waals surface area contributed by atoms with Crippen LogP contribution in [0.1, 0.15) is 22.8 Å². The summed E-state index contributed by atoms with van der Waals surface area (Å²) in [6, 6.07) is 4.18. The van der Waals surface area contributed by atoms with Crippen molar-refractivity contribution < 1.29 is 13.2 Å². The largest absolute Gasteiger partial charge is 0.433 e. The summed E-state index contributed by atoms with van der Waals surface area (Å²) >= 11 is 0. The Kier molecular flexibility index (Phi) is 3.13. The maximum Gasteiger partial charge on any atom is 0.433 e. The maximum atomic E-state index is 12.8. The molecule has 4 N–H and O–H groups in total. The molecule has 5 nitrogen and oxygen atoms in total. The summed E-state index contributed by atoms with van der Waals surface area (Å²) in [6.45, 7) is 0. The third kappa shape index (κ3) is 2.52. The second kappa shape index (κ2) is 4.77. The number of alkyl halides is 3. The van der Waals surface area contributed by atoms with Crippen molar-refractivity contribution in [3.8, 4) is 0 Å².